The Labute approximate surface area is 164 Å². The van der Waals surface area contributed by atoms with E-state index in [4.69, 9.17) is 9.84 Å². The smallest absolute Gasteiger partial charge is 0.335 e. The van der Waals surface area contributed by atoms with Crippen LogP contribution in [0.5, 0.6) is 0 Å². The van der Waals surface area contributed by atoms with Gasteiger partial charge >= 0.3 is 5.97 Å². The van der Waals surface area contributed by atoms with Gasteiger partial charge in [-0.3, -0.25) is 0 Å². The Morgan fingerprint density at radius 2 is 1.64 bits per heavy atom. The lowest BCUT2D eigenvalue weighted by atomic mass is 9.88. The zero-order chi connectivity index (χ0) is 19.6. The fourth-order valence-corrected chi connectivity index (χ4v) is 3.46. The number of carboxylic acids is 1. The van der Waals surface area contributed by atoms with Crippen molar-refractivity contribution in [1.82, 2.24) is 0 Å². The molecule has 0 aromatic heterocycles. The van der Waals surface area contributed by atoms with Gasteiger partial charge < -0.3 is 9.84 Å². The number of rotatable bonds is 4. The van der Waals surface area contributed by atoms with E-state index >= 15 is 0 Å². The molecule has 0 amide bonds. The Balaban J connectivity index is 1.53. The van der Waals surface area contributed by atoms with E-state index in [9.17, 15) is 4.79 Å². The molecule has 0 bridgehead atoms. The third-order valence-electron chi connectivity index (χ3n) is 5.03. The van der Waals surface area contributed by atoms with E-state index in [1.807, 2.05) is 12.1 Å². The molecule has 1 fully saturated rings. The molecule has 1 N–H and O–H groups in total. The molecule has 0 aliphatic carbocycles. The predicted octanol–water partition coefficient (Wildman–Crippen LogP) is 4.56. The highest BCUT2D eigenvalue weighted by Crippen LogP contribution is 2.43. The summed E-state index contributed by atoms with van der Waals surface area (Å²) in [4.78, 5) is 10.9. The molecule has 0 saturated carbocycles. The summed E-state index contributed by atoms with van der Waals surface area (Å²) in [5.74, 6) is 5.32. The van der Waals surface area contributed by atoms with Crippen molar-refractivity contribution in [2.24, 2.45) is 0 Å². The van der Waals surface area contributed by atoms with Gasteiger partial charge in [-0.05, 0) is 60.0 Å². The maximum atomic E-state index is 10.9. The number of hydrogen-bond acceptors (Lipinski definition) is 2. The highest BCUT2D eigenvalue weighted by atomic mass is 16.6. The molecule has 28 heavy (non-hydrogen) atoms. The van der Waals surface area contributed by atoms with Gasteiger partial charge in [-0.25, -0.2) is 4.79 Å². The number of epoxide rings is 1. The number of ether oxygens (including phenoxy) is 1. The minimum absolute atomic E-state index is 0.218. The molecule has 1 unspecified atom stereocenters. The number of benzene rings is 3. The van der Waals surface area contributed by atoms with Gasteiger partial charge in [-0.1, -0.05) is 48.2 Å². The van der Waals surface area contributed by atoms with Crippen LogP contribution in [0.2, 0.25) is 0 Å². The van der Waals surface area contributed by atoms with Crippen molar-refractivity contribution in [2.45, 2.75) is 18.9 Å². The molecule has 3 heteroatoms. The SMILES string of the molecule is Cc1cc(C#Cc2ccc(C(=O)O)cc2)ccc1C1(Cc2ccccc2)CO1. The second kappa shape index (κ2) is 7.34. The van der Waals surface area contributed by atoms with Gasteiger partial charge in [0.05, 0.1) is 12.2 Å². The average Bonchev–Trinajstić information content (AvgIpc) is 3.47. The normalized spacial score (nSPS) is 17.5. The van der Waals surface area contributed by atoms with E-state index in [0.29, 0.717) is 0 Å². The van der Waals surface area contributed by atoms with Gasteiger partial charge in [-0.15, -0.1) is 0 Å². The van der Waals surface area contributed by atoms with Crippen molar-refractivity contribution in [1.29, 1.82) is 0 Å². The monoisotopic (exact) mass is 368 g/mol. The molecule has 3 aromatic carbocycles. The first-order valence-corrected chi connectivity index (χ1v) is 9.20. The van der Waals surface area contributed by atoms with Crippen LogP contribution in [0.25, 0.3) is 0 Å². The lowest BCUT2D eigenvalue weighted by Gasteiger charge is -2.15. The van der Waals surface area contributed by atoms with Crippen LogP contribution in [0.3, 0.4) is 0 Å². The largest absolute Gasteiger partial charge is 0.478 e. The van der Waals surface area contributed by atoms with Crippen molar-refractivity contribution in [2.75, 3.05) is 6.61 Å². The Morgan fingerprint density at radius 3 is 2.25 bits per heavy atom. The van der Waals surface area contributed by atoms with Gasteiger partial charge in [0, 0.05) is 17.5 Å². The van der Waals surface area contributed by atoms with Gasteiger partial charge in [0.2, 0.25) is 0 Å². The van der Waals surface area contributed by atoms with Crippen molar-refractivity contribution in [3.8, 4) is 11.8 Å². The quantitative estimate of drug-likeness (QED) is 0.542. The summed E-state index contributed by atoms with van der Waals surface area (Å²) in [5, 5.41) is 8.96. The summed E-state index contributed by atoms with van der Waals surface area (Å²) in [6, 6.07) is 23.2. The zero-order valence-electron chi connectivity index (χ0n) is 15.6. The molecule has 1 heterocycles. The van der Waals surface area contributed by atoms with E-state index < -0.39 is 5.97 Å². The van der Waals surface area contributed by atoms with E-state index in [2.05, 4.69) is 55.2 Å². The van der Waals surface area contributed by atoms with Crippen LogP contribution < -0.4 is 0 Å². The molecular weight excluding hydrogens is 348 g/mol. The molecular formula is C25H20O3. The van der Waals surface area contributed by atoms with Gasteiger partial charge in [-0.2, -0.15) is 0 Å². The topological polar surface area (TPSA) is 49.8 Å². The molecule has 4 rings (SSSR count). The Bertz CT molecular complexity index is 1070. The number of carbonyl (C=O) groups is 1. The number of carboxylic acid groups (broad SMARTS) is 1. The third-order valence-corrected chi connectivity index (χ3v) is 5.03. The summed E-state index contributed by atoms with van der Waals surface area (Å²) >= 11 is 0. The summed E-state index contributed by atoms with van der Waals surface area (Å²) < 4.78 is 5.88. The van der Waals surface area contributed by atoms with Crippen molar-refractivity contribution < 1.29 is 14.6 Å². The van der Waals surface area contributed by atoms with Crippen LogP contribution in [0.4, 0.5) is 0 Å². The van der Waals surface area contributed by atoms with Crippen LogP contribution in [0, 0.1) is 18.8 Å². The summed E-state index contributed by atoms with van der Waals surface area (Å²) in [7, 11) is 0. The van der Waals surface area contributed by atoms with Crippen LogP contribution in [0.1, 0.15) is 38.2 Å². The Morgan fingerprint density at radius 1 is 1.00 bits per heavy atom. The Kier molecular flexibility index (Phi) is 4.73. The van der Waals surface area contributed by atoms with E-state index in [-0.39, 0.29) is 11.2 Å². The molecule has 1 aliphatic rings. The summed E-state index contributed by atoms with van der Waals surface area (Å²) in [5.41, 5.74) is 5.42. The molecule has 3 aromatic rings. The van der Waals surface area contributed by atoms with E-state index in [1.54, 1.807) is 24.3 Å². The Hall–Kier alpha value is -3.35. The van der Waals surface area contributed by atoms with Gasteiger partial charge in [0.25, 0.3) is 0 Å². The maximum Gasteiger partial charge on any atom is 0.335 e. The number of aryl methyl sites for hydroxylation is 1. The molecule has 3 nitrogen and oxygen atoms in total. The van der Waals surface area contributed by atoms with E-state index in [1.165, 1.54) is 16.7 Å². The zero-order valence-corrected chi connectivity index (χ0v) is 15.6. The second-order valence-corrected chi connectivity index (χ2v) is 7.11. The highest BCUT2D eigenvalue weighted by Gasteiger charge is 2.47. The van der Waals surface area contributed by atoms with Gasteiger partial charge in [0.1, 0.15) is 5.60 Å². The lowest BCUT2D eigenvalue weighted by Crippen LogP contribution is -2.14. The summed E-state index contributed by atoms with van der Waals surface area (Å²) in [6.45, 7) is 2.83. The lowest BCUT2D eigenvalue weighted by molar-refractivity contribution is 0.0697. The van der Waals surface area contributed by atoms with Crippen LogP contribution in [-0.2, 0) is 16.8 Å². The maximum absolute atomic E-state index is 10.9. The second-order valence-electron chi connectivity index (χ2n) is 7.11. The number of hydrogen-bond donors (Lipinski definition) is 1. The molecule has 138 valence electrons. The third kappa shape index (κ3) is 3.83. The van der Waals surface area contributed by atoms with Crippen molar-refractivity contribution in [3.63, 3.8) is 0 Å². The fourth-order valence-electron chi connectivity index (χ4n) is 3.46. The van der Waals surface area contributed by atoms with Crippen LogP contribution in [-0.4, -0.2) is 17.7 Å². The first-order valence-electron chi connectivity index (χ1n) is 9.20. The van der Waals surface area contributed by atoms with Gasteiger partial charge in [0.15, 0.2) is 0 Å². The molecule has 1 saturated heterocycles. The number of aromatic carboxylic acids is 1. The standard InChI is InChI=1S/C25H20O3/c1-18-15-20(8-7-19-9-12-22(13-10-19)24(26)27)11-14-23(18)25(17-28-25)16-21-5-3-2-4-6-21/h2-6,9-15H,16-17H2,1H3,(H,26,27). The molecule has 1 atom stereocenters. The highest BCUT2D eigenvalue weighted by molar-refractivity contribution is 5.87. The first-order chi connectivity index (χ1) is 13.6. The van der Waals surface area contributed by atoms with Crippen molar-refractivity contribution in [3.05, 3.63) is 106 Å². The minimum atomic E-state index is -0.933. The average molecular weight is 368 g/mol. The fraction of sp³-hybridized carbons (Fsp3) is 0.160. The molecule has 0 spiro atoms. The predicted molar refractivity (Wildman–Crippen MR) is 108 cm³/mol. The first kappa shape index (κ1) is 18.0. The van der Waals surface area contributed by atoms with E-state index in [0.717, 1.165) is 24.2 Å². The molecule has 0 radical (unpaired) electrons. The van der Waals surface area contributed by atoms with Crippen LogP contribution in [0.15, 0.2) is 72.8 Å². The minimum Gasteiger partial charge on any atom is -0.478 e. The van der Waals surface area contributed by atoms with Crippen LogP contribution >= 0.6 is 0 Å². The summed E-state index contributed by atoms with van der Waals surface area (Å²) in [6.07, 6.45) is 0.871. The molecule has 1 aliphatic heterocycles. The van der Waals surface area contributed by atoms with Crippen molar-refractivity contribution >= 4 is 5.97 Å².